The lowest BCUT2D eigenvalue weighted by atomic mass is 10.2. The van der Waals surface area contributed by atoms with E-state index in [4.69, 9.17) is 4.74 Å². The van der Waals surface area contributed by atoms with Crippen molar-refractivity contribution in [2.45, 2.75) is 32.0 Å². The van der Waals surface area contributed by atoms with Crippen LogP contribution >= 0.6 is 11.3 Å². The Morgan fingerprint density at radius 3 is 3.15 bits per heavy atom. The smallest absolute Gasteiger partial charge is 0.0751 e. The van der Waals surface area contributed by atoms with Gasteiger partial charge in [-0.05, 0) is 31.2 Å². The summed E-state index contributed by atoms with van der Waals surface area (Å²) >= 11 is 1.72. The summed E-state index contributed by atoms with van der Waals surface area (Å²) in [4.78, 5) is 0. The largest absolute Gasteiger partial charge is 0.382 e. The molecule has 1 aromatic rings. The average molecular weight is 197 g/mol. The van der Waals surface area contributed by atoms with Crippen molar-refractivity contribution in [1.29, 1.82) is 0 Å². The van der Waals surface area contributed by atoms with E-state index in [-0.39, 0.29) is 0 Å². The van der Waals surface area contributed by atoms with Crippen LogP contribution in [0.3, 0.4) is 0 Å². The van der Waals surface area contributed by atoms with Gasteiger partial charge in [-0.1, -0.05) is 0 Å². The molecular formula is C10H15NOS. The molecule has 1 fully saturated rings. The molecule has 0 saturated carbocycles. The number of hydrogen-bond acceptors (Lipinski definition) is 3. The van der Waals surface area contributed by atoms with Crippen LogP contribution in [0, 0.1) is 0 Å². The van der Waals surface area contributed by atoms with Crippen LogP contribution in [0.4, 0.5) is 5.69 Å². The zero-order valence-corrected chi connectivity index (χ0v) is 8.64. The van der Waals surface area contributed by atoms with Gasteiger partial charge in [0.1, 0.15) is 0 Å². The Kier molecular flexibility index (Phi) is 2.86. The third-order valence-corrected chi connectivity index (χ3v) is 3.06. The van der Waals surface area contributed by atoms with E-state index in [0.717, 1.165) is 6.54 Å². The SMILES string of the molecule is CC1CCC(CNc2ccsc2)O1. The lowest BCUT2D eigenvalue weighted by Gasteiger charge is -2.11. The Morgan fingerprint density at radius 1 is 1.62 bits per heavy atom. The Labute approximate surface area is 82.9 Å². The lowest BCUT2D eigenvalue weighted by Crippen LogP contribution is -2.19. The minimum absolute atomic E-state index is 0.412. The quantitative estimate of drug-likeness (QED) is 0.804. The van der Waals surface area contributed by atoms with Gasteiger partial charge in [0.15, 0.2) is 0 Å². The Balaban J connectivity index is 1.74. The molecule has 2 heterocycles. The van der Waals surface area contributed by atoms with Crippen LogP contribution in [0.15, 0.2) is 16.8 Å². The molecule has 0 spiro atoms. The Hall–Kier alpha value is -0.540. The summed E-state index contributed by atoms with van der Waals surface area (Å²) in [7, 11) is 0. The van der Waals surface area contributed by atoms with Crippen molar-refractivity contribution < 1.29 is 4.74 Å². The van der Waals surface area contributed by atoms with Gasteiger partial charge in [-0.2, -0.15) is 11.3 Å². The van der Waals surface area contributed by atoms with E-state index in [1.54, 1.807) is 11.3 Å². The molecule has 1 aromatic heterocycles. The van der Waals surface area contributed by atoms with Gasteiger partial charge in [-0.25, -0.2) is 0 Å². The van der Waals surface area contributed by atoms with Crippen molar-refractivity contribution in [3.05, 3.63) is 16.8 Å². The molecule has 0 aliphatic carbocycles. The third kappa shape index (κ3) is 2.45. The first-order chi connectivity index (χ1) is 6.34. The maximum Gasteiger partial charge on any atom is 0.0751 e. The van der Waals surface area contributed by atoms with E-state index in [9.17, 15) is 0 Å². The summed E-state index contributed by atoms with van der Waals surface area (Å²) < 4.78 is 5.70. The van der Waals surface area contributed by atoms with Gasteiger partial charge < -0.3 is 10.1 Å². The molecule has 72 valence electrons. The molecule has 1 aliphatic heterocycles. The van der Waals surface area contributed by atoms with Gasteiger partial charge in [0.05, 0.1) is 12.2 Å². The van der Waals surface area contributed by atoms with Crippen LogP contribution in [-0.2, 0) is 4.74 Å². The number of anilines is 1. The molecule has 13 heavy (non-hydrogen) atoms. The fraction of sp³-hybridized carbons (Fsp3) is 0.600. The van der Waals surface area contributed by atoms with Crippen molar-refractivity contribution in [2.75, 3.05) is 11.9 Å². The van der Waals surface area contributed by atoms with Gasteiger partial charge in [-0.15, -0.1) is 0 Å². The summed E-state index contributed by atoms with van der Waals surface area (Å²) in [5, 5.41) is 7.58. The molecule has 0 amide bonds. The molecule has 1 saturated heterocycles. The monoisotopic (exact) mass is 197 g/mol. The van der Waals surface area contributed by atoms with E-state index in [2.05, 4.69) is 29.1 Å². The molecule has 2 unspecified atom stereocenters. The van der Waals surface area contributed by atoms with E-state index in [1.165, 1.54) is 18.5 Å². The molecule has 1 N–H and O–H groups in total. The molecular weight excluding hydrogens is 182 g/mol. The first-order valence-corrected chi connectivity index (χ1v) is 5.70. The fourth-order valence-corrected chi connectivity index (χ4v) is 2.24. The second kappa shape index (κ2) is 4.11. The highest BCUT2D eigenvalue weighted by molar-refractivity contribution is 7.08. The number of thiophene rings is 1. The summed E-state index contributed by atoms with van der Waals surface area (Å²) in [6, 6.07) is 2.10. The van der Waals surface area contributed by atoms with Crippen molar-refractivity contribution >= 4 is 17.0 Å². The van der Waals surface area contributed by atoms with Gasteiger partial charge in [0.25, 0.3) is 0 Å². The minimum Gasteiger partial charge on any atom is -0.382 e. The van der Waals surface area contributed by atoms with Gasteiger partial charge in [0.2, 0.25) is 0 Å². The van der Waals surface area contributed by atoms with E-state index < -0.39 is 0 Å². The molecule has 3 heteroatoms. The zero-order chi connectivity index (χ0) is 9.10. The minimum atomic E-state index is 0.412. The van der Waals surface area contributed by atoms with Crippen molar-refractivity contribution in [2.24, 2.45) is 0 Å². The summed E-state index contributed by atoms with van der Waals surface area (Å²) in [5.74, 6) is 0. The Bertz CT molecular complexity index is 247. The highest BCUT2D eigenvalue weighted by atomic mass is 32.1. The first-order valence-electron chi connectivity index (χ1n) is 4.76. The number of ether oxygens (including phenoxy) is 1. The first kappa shape index (κ1) is 9.03. The lowest BCUT2D eigenvalue weighted by molar-refractivity contribution is 0.0637. The zero-order valence-electron chi connectivity index (χ0n) is 7.82. The second-order valence-electron chi connectivity index (χ2n) is 3.54. The average Bonchev–Trinajstić information content (AvgIpc) is 2.71. The van der Waals surface area contributed by atoms with E-state index >= 15 is 0 Å². The number of nitrogens with one attached hydrogen (secondary N) is 1. The topological polar surface area (TPSA) is 21.3 Å². The van der Waals surface area contributed by atoms with Crippen LogP contribution in [0.5, 0.6) is 0 Å². The van der Waals surface area contributed by atoms with Crippen LogP contribution < -0.4 is 5.32 Å². The molecule has 2 nitrogen and oxygen atoms in total. The highest BCUT2D eigenvalue weighted by Gasteiger charge is 2.20. The van der Waals surface area contributed by atoms with Crippen molar-refractivity contribution in [1.82, 2.24) is 0 Å². The van der Waals surface area contributed by atoms with Gasteiger partial charge in [0, 0.05) is 17.6 Å². The van der Waals surface area contributed by atoms with E-state index in [0.29, 0.717) is 12.2 Å². The maximum absolute atomic E-state index is 5.70. The molecule has 0 radical (unpaired) electrons. The van der Waals surface area contributed by atoms with Crippen molar-refractivity contribution in [3.63, 3.8) is 0 Å². The number of hydrogen-bond donors (Lipinski definition) is 1. The maximum atomic E-state index is 5.70. The molecule has 0 bridgehead atoms. The fourth-order valence-electron chi connectivity index (χ4n) is 1.63. The predicted octanol–water partition coefficient (Wildman–Crippen LogP) is 2.73. The second-order valence-corrected chi connectivity index (χ2v) is 4.32. The molecule has 0 aromatic carbocycles. The summed E-state index contributed by atoms with van der Waals surface area (Å²) in [6.07, 6.45) is 3.26. The number of rotatable bonds is 3. The third-order valence-electron chi connectivity index (χ3n) is 2.37. The molecule has 2 atom stereocenters. The highest BCUT2D eigenvalue weighted by Crippen LogP contribution is 2.20. The Morgan fingerprint density at radius 2 is 2.54 bits per heavy atom. The van der Waals surface area contributed by atoms with Crippen LogP contribution in [0.1, 0.15) is 19.8 Å². The standard InChI is InChI=1S/C10H15NOS/c1-8-2-3-10(12-8)6-11-9-4-5-13-7-9/h4-5,7-8,10-11H,2-3,6H2,1H3. The summed E-state index contributed by atoms with van der Waals surface area (Å²) in [6.45, 7) is 3.09. The summed E-state index contributed by atoms with van der Waals surface area (Å²) in [5.41, 5.74) is 1.22. The normalized spacial score (nSPS) is 27.8. The molecule has 1 aliphatic rings. The molecule has 2 rings (SSSR count). The van der Waals surface area contributed by atoms with Crippen LogP contribution in [-0.4, -0.2) is 18.8 Å². The predicted molar refractivity (Wildman–Crippen MR) is 56.4 cm³/mol. The van der Waals surface area contributed by atoms with E-state index in [1.807, 2.05) is 0 Å². The van der Waals surface area contributed by atoms with Gasteiger partial charge >= 0.3 is 0 Å². The van der Waals surface area contributed by atoms with Crippen molar-refractivity contribution in [3.8, 4) is 0 Å². The van der Waals surface area contributed by atoms with Gasteiger partial charge in [-0.3, -0.25) is 0 Å². The van der Waals surface area contributed by atoms with Crippen LogP contribution in [0.25, 0.3) is 0 Å². The van der Waals surface area contributed by atoms with Crippen LogP contribution in [0.2, 0.25) is 0 Å².